The minimum absolute atomic E-state index is 0.408. The summed E-state index contributed by atoms with van der Waals surface area (Å²) in [7, 11) is 0. The van der Waals surface area contributed by atoms with Crippen molar-refractivity contribution >= 4 is 34.7 Å². The molecular weight excluding hydrogens is 368 g/mol. The van der Waals surface area contributed by atoms with E-state index < -0.39 is 12.6 Å². The van der Waals surface area contributed by atoms with Crippen LogP contribution in [0.4, 0.5) is 0 Å². The van der Waals surface area contributed by atoms with Gasteiger partial charge in [-0.1, -0.05) is 28.9 Å². The quantitative estimate of drug-likeness (QED) is 0.462. The van der Waals surface area contributed by atoms with Gasteiger partial charge in [-0.3, -0.25) is 0 Å². The number of hydrogen-bond donors (Lipinski definition) is 1. The van der Waals surface area contributed by atoms with Gasteiger partial charge in [-0.2, -0.15) is 0 Å². The number of carboxylic acid groups (broad SMARTS) is 1. The molecule has 0 aliphatic carbocycles. The molecule has 6 nitrogen and oxygen atoms in total. The Labute approximate surface area is 161 Å². The zero-order valence-corrected chi connectivity index (χ0v) is 15.5. The molecule has 140 valence electrons. The molecule has 0 radical (unpaired) electrons. The number of rotatable bonds is 8. The Hall–Kier alpha value is -2.99. The number of fused-ring (bicyclic) bond motifs is 1. The van der Waals surface area contributed by atoms with Gasteiger partial charge in [-0.05, 0) is 42.8 Å². The first kappa shape index (κ1) is 18.8. The number of carboxylic acids is 1. The first-order valence-electron chi connectivity index (χ1n) is 8.44. The van der Waals surface area contributed by atoms with Crippen LogP contribution in [0.15, 0.2) is 53.8 Å². The van der Waals surface area contributed by atoms with Crippen molar-refractivity contribution in [2.45, 2.75) is 20.1 Å². The van der Waals surface area contributed by atoms with Gasteiger partial charge >= 0.3 is 5.97 Å². The van der Waals surface area contributed by atoms with Crippen molar-refractivity contribution in [3.63, 3.8) is 0 Å². The van der Waals surface area contributed by atoms with Crippen LogP contribution in [-0.2, 0) is 22.8 Å². The van der Waals surface area contributed by atoms with E-state index in [-0.39, 0.29) is 0 Å². The standard InChI is InChI=1S/C20H19ClN2O4/c1-2-23-11-15(10-22-27-13-20(24)25)18-9-17(6-7-19(18)23)26-12-14-4-3-5-16(21)8-14/h3-11H,2,12-13H2,1H3,(H,24,25)/b22-10+. The van der Waals surface area contributed by atoms with E-state index in [4.69, 9.17) is 26.3 Å². The van der Waals surface area contributed by atoms with Gasteiger partial charge in [0.05, 0.1) is 6.21 Å². The molecule has 3 rings (SSSR count). The van der Waals surface area contributed by atoms with Gasteiger partial charge in [0.1, 0.15) is 12.4 Å². The lowest BCUT2D eigenvalue weighted by Crippen LogP contribution is -2.03. The van der Waals surface area contributed by atoms with E-state index in [0.717, 1.165) is 34.3 Å². The third kappa shape index (κ3) is 4.80. The van der Waals surface area contributed by atoms with E-state index in [1.54, 1.807) is 0 Å². The summed E-state index contributed by atoms with van der Waals surface area (Å²) >= 11 is 6.00. The minimum atomic E-state index is -1.07. The average Bonchev–Trinajstić information content (AvgIpc) is 3.01. The van der Waals surface area contributed by atoms with Crippen molar-refractivity contribution in [3.8, 4) is 5.75 Å². The van der Waals surface area contributed by atoms with Crippen LogP contribution < -0.4 is 4.74 Å². The third-order valence-corrected chi connectivity index (χ3v) is 4.21. The SMILES string of the molecule is CCn1cc(/C=N/OCC(=O)O)c2cc(OCc3cccc(Cl)c3)ccc21. The maximum atomic E-state index is 10.5. The van der Waals surface area contributed by atoms with Gasteiger partial charge in [0, 0.05) is 34.2 Å². The van der Waals surface area contributed by atoms with Crippen LogP contribution in [0.25, 0.3) is 10.9 Å². The molecule has 0 spiro atoms. The largest absolute Gasteiger partial charge is 0.489 e. The van der Waals surface area contributed by atoms with Crippen LogP contribution in [0.3, 0.4) is 0 Å². The summed E-state index contributed by atoms with van der Waals surface area (Å²) in [5.74, 6) is -0.350. The number of aryl methyl sites for hydroxylation is 1. The molecule has 0 bridgehead atoms. The molecule has 0 saturated carbocycles. The predicted octanol–water partition coefficient (Wildman–Crippen LogP) is 4.33. The fourth-order valence-electron chi connectivity index (χ4n) is 2.74. The summed E-state index contributed by atoms with van der Waals surface area (Å²) in [4.78, 5) is 15.3. The van der Waals surface area contributed by atoms with Crippen LogP contribution in [0, 0.1) is 0 Å². The number of ether oxygens (including phenoxy) is 1. The summed E-state index contributed by atoms with van der Waals surface area (Å²) < 4.78 is 7.97. The lowest BCUT2D eigenvalue weighted by Gasteiger charge is -2.08. The summed E-state index contributed by atoms with van der Waals surface area (Å²) in [6.45, 7) is 2.77. The second kappa shape index (κ2) is 8.60. The molecular formula is C20H19ClN2O4. The van der Waals surface area contributed by atoms with Gasteiger partial charge < -0.3 is 19.2 Å². The highest BCUT2D eigenvalue weighted by atomic mass is 35.5. The smallest absolute Gasteiger partial charge is 0.344 e. The Morgan fingerprint density at radius 3 is 2.89 bits per heavy atom. The first-order chi connectivity index (χ1) is 13.1. The van der Waals surface area contributed by atoms with Gasteiger partial charge in [0.15, 0.2) is 0 Å². The van der Waals surface area contributed by atoms with Crippen LogP contribution in [0.1, 0.15) is 18.1 Å². The summed E-state index contributed by atoms with van der Waals surface area (Å²) in [6.07, 6.45) is 3.46. The maximum Gasteiger partial charge on any atom is 0.344 e. The van der Waals surface area contributed by atoms with E-state index in [1.165, 1.54) is 6.21 Å². The average molecular weight is 387 g/mol. The number of oxime groups is 1. The Kier molecular flexibility index (Phi) is 5.98. The Morgan fingerprint density at radius 1 is 1.30 bits per heavy atom. The van der Waals surface area contributed by atoms with E-state index >= 15 is 0 Å². The minimum Gasteiger partial charge on any atom is -0.489 e. The second-order valence-electron chi connectivity index (χ2n) is 5.87. The molecule has 0 amide bonds. The van der Waals surface area contributed by atoms with Crippen molar-refractivity contribution in [3.05, 3.63) is 64.8 Å². The monoisotopic (exact) mass is 386 g/mol. The number of halogens is 1. The Morgan fingerprint density at radius 2 is 2.15 bits per heavy atom. The first-order valence-corrected chi connectivity index (χ1v) is 8.82. The molecule has 0 atom stereocenters. The van der Waals surface area contributed by atoms with Gasteiger partial charge in [-0.15, -0.1) is 0 Å². The lowest BCUT2D eigenvalue weighted by molar-refractivity contribution is -0.142. The molecule has 0 aliphatic heterocycles. The number of nitrogens with zero attached hydrogens (tertiary/aromatic N) is 2. The molecule has 0 unspecified atom stereocenters. The molecule has 2 aromatic carbocycles. The van der Waals surface area contributed by atoms with Gasteiger partial charge in [-0.25, -0.2) is 4.79 Å². The van der Waals surface area contributed by atoms with Crippen LogP contribution in [0.5, 0.6) is 5.75 Å². The zero-order valence-electron chi connectivity index (χ0n) is 14.8. The number of benzene rings is 2. The zero-order chi connectivity index (χ0) is 19.2. The Bertz CT molecular complexity index is 981. The van der Waals surface area contributed by atoms with E-state index in [9.17, 15) is 4.79 Å². The number of aliphatic carboxylic acids is 1. The normalized spacial score (nSPS) is 11.2. The Balaban J connectivity index is 1.81. The molecule has 0 fully saturated rings. The van der Waals surface area contributed by atoms with Crippen LogP contribution in [0.2, 0.25) is 5.02 Å². The number of hydrogen-bond acceptors (Lipinski definition) is 4. The maximum absolute atomic E-state index is 10.5. The predicted molar refractivity (Wildman–Crippen MR) is 105 cm³/mol. The van der Waals surface area contributed by atoms with Crippen molar-refractivity contribution < 1.29 is 19.5 Å². The molecule has 1 heterocycles. The van der Waals surface area contributed by atoms with E-state index in [2.05, 4.69) is 9.72 Å². The molecule has 1 N–H and O–H groups in total. The molecule has 0 saturated heterocycles. The van der Waals surface area contributed by atoms with Crippen molar-refractivity contribution in [1.82, 2.24) is 4.57 Å². The van der Waals surface area contributed by atoms with Crippen LogP contribution in [-0.4, -0.2) is 28.5 Å². The summed E-state index contributed by atoms with van der Waals surface area (Å²) in [5, 5.41) is 14.0. The fraction of sp³-hybridized carbons (Fsp3) is 0.200. The van der Waals surface area contributed by atoms with Gasteiger partial charge in [0.2, 0.25) is 6.61 Å². The molecule has 27 heavy (non-hydrogen) atoms. The highest BCUT2D eigenvalue weighted by Gasteiger charge is 2.08. The summed E-state index contributed by atoms with van der Waals surface area (Å²) in [6, 6.07) is 13.4. The van der Waals surface area contributed by atoms with Crippen molar-refractivity contribution in [2.75, 3.05) is 6.61 Å². The molecule has 1 aromatic heterocycles. The molecule has 3 aromatic rings. The highest BCUT2D eigenvalue weighted by molar-refractivity contribution is 6.30. The lowest BCUT2D eigenvalue weighted by atomic mass is 10.2. The molecule has 7 heteroatoms. The van der Waals surface area contributed by atoms with E-state index in [0.29, 0.717) is 11.6 Å². The molecule has 0 aliphatic rings. The van der Waals surface area contributed by atoms with Crippen molar-refractivity contribution in [1.29, 1.82) is 0 Å². The topological polar surface area (TPSA) is 73.1 Å². The number of carbonyl (C=O) groups is 1. The second-order valence-corrected chi connectivity index (χ2v) is 6.31. The van der Waals surface area contributed by atoms with Gasteiger partial charge in [0.25, 0.3) is 0 Å². The summed E-state index contributed by atoms with van der Waals surface area (Å²) in [5.41, 5.74) is 2.84. The highest BCUT2D eigenvalue weighted by Crippen LogP contribution is 2.26. The van der Waals surface area contributed by atoms with Crippen LogP contribution >= 0.6 is 11.6 Å². The van der Waals surface area contributed by atoms with E-state index in [1.807, 2.05) is 55.6 Å². The third-order valence-electron chi connectivity index (χ3n) is 3.97. The fourth-order valence-corrected chi connectivity index (χ4v) is 2.95. The van der Waals surface area contributed by atoms with Crippen molar-refractivity contribution in [2.24, 2.45) is 5.16 Å². The number of aromatic nitrogens is 1.